The fourth-order valence-corrected chi connectivity index (χ4v) is 2.18. The quantitative estimate of drug-likeness (QED) is 0.829. The van der Waals surface area contributed by atoms with Gasteiger partial charge in [0.25, 0.3) is 0 Å². The minimum absolute atomic E-state index is 0.0429. The van der Waals surface area contributed by atoms with Gasteiger partial charge in [-0.3, -0.25) is 4.79 Å². The minimum atomic E-state index is -0.483. The number of rotatable bonds is 2. The minimum Gasteiger partial charge on any atom is -0.495 e. The largest absolute Gasteiger partial charge is 0.495 e. The molecule has 0 spiro atoms. The van der Waals surface area contributed by atoms with Crippen LogP contribution in [-0.2, 0) is 4.79 Å². The number of carbonyl (C=O) groups excluding carboxylic acids is 1. The van der Waals surface area contributed by atoms with Crippen molar-refractivity contribution in [2.75, 3.05) is 18.6 Å². The van der Waals surface area contributed by atoms with Gasteiger partial charge < -0.3 is 15.0 Å². The molecule has 1 N–H and O–H groups in total. The molecular formula is C13H16N2O2S. The second-order valence-corrected chi connectivity index (χ2v) is 5.29. The first-order valence-corrected chi connectivity index (χ1v) is 6.12. The Labute approximate surface area is 112 Å². The van der Waals surface area contributed by atoms with E-state index in [-0.39, 0.29) is 5.91 Å². The topological polar surface area (TPSA) is 41.6 Å². The summed E-state index contributed by atoms with van der Waals surface area (Å²) in [5.74, 6) is 0.699. The Morgan fingerprint density at radius 1 is 1.39 bits per heavy atom. The molecule has 2 rings (SSSR count). The normalized spacial score (nSPS) is 18.5. The molecule has 0 radical (unpaired) electrons. The smallest absolute Gasteiger partial charge is 0.233 e. The summed E-state index contributed by atoms with van der Waals surface area (Å²) >= 11 is 5.23. The first-order chi connectivity index (χ1) is 8.45. The lowest BCUT2D eigenvalue weighted by molar-refractivity contribution is -0.127. The molecule has 18 heavy (non-hydrogen) atoms. The highest BCUT2D eigenvalue weighted by atomic mass is 32.1. The Balaban J connectivity index is 2.38. The predicted octanol–water partition coefficient (Wildman–Crippen LogP) is 1.94. The Hall–Kier alpha value is -1.62. The third-order valence-electron chi connectivity index (χ3n) is 3.01. The fourth-order valence-electron chi connectivity index (χ4n) is 1.92. The van der Waals surface area contributed by atoms with E-state index < -0.39 is 5.41 Å². The highest BCUT2D eigenvalue weighted by Gasteiger charge is 2.38. The molecule has 1 aliphatic rings. The highest BCUT2D eigenvalue weighted by molar-refractivity contribution is 7.80. The van der Waals surface area contributed by atoms with Crippen LogP contribution in [0.2, 0.25) is 0 Å². The Morgan fingerprint density at radius 2 is 2.06 bits per heavy atom. The van der Waals surface area contributed by atoms with E-state index in [1.165, 1.54) is 0 Å². The average molecular weight is 264 g/mol. The maximum atomic E-state index is 11.8. The second kappa shape index (κ2) is 4.57. The second-order valence-electron chi connectivity index (χ2n) is 4.90. The van der Waals surface area contributed by atoms with E-state index in [4.69, 9.17) is 17.0 Å². The summed E-state index contributed by atoms with van der Waals surface area (Å²) in [4.78, 5) is 13.7. The highest BCUT2D eigenvalue weighted by Crippen LogP contribution is 2.32. The molecule has 1 heterocycles. The van der Waals surface area contributed by atoms with E-state index in [2.05, 4.69) is 5.32 Å². The summed E-state index contributed by atoms with van der Waals surface area (Å²) in [6.45, 7) is 4.33. The number of anilines is 1. The third kappa shape index (κ3) is 2.18. The Morgan fingerprint density at radius 3 is 2.72 bits per heavy atom. The zero-order valence-corrected chi connectivity index (χ0v) is 11.5. The van der Waals surface area contributed by atoms with Crippen LogP contribution in [0.1, 0.15) is 13.8 Å². The monoisotopic (exact) mass is 264 g/mol. The Kier molecular flexibility index (Phi) is 3.26. The number of ether oxygens (including phenoxy) is 1. The van der Waals surface area contributed by atoms with Gasteiger partial charge in [0.2, 0.25) is 5.91 Å². The van der Waals surface area contributed by atoms with E-state index in [1.807, 2.05) is 43.0 Å². The summed E-state index contributed by atoms with van der Waals surface area (Å²) in [7, 11) is 1.62. The van der Waals surface area contributed by atoms with Gasteiger partial charge in [-0.15, -0.1) is 0 Å². The molecule has 0 aromatic heterocycles. The number of thiocarbonyl (C=S) groups is 1. The molecule has 1 aromatic carbocycles. The lowest BCUT2D eigenvalue weighted by Gasteiger charge is -2.39. The van der Waals surface area contributed by atoms with Gasteiger partial charge in [-0.25, -0.2) is 0 Å². The summed E-state index contributed by atoms with van der Waals surface area (Å²) in [5, 5.41) is 3.15. The first-order valence-electron chi connectivity index (χ1n) is 5.71. The zero-order valence-electron chi connectivity index (χ0n) is 10.7. The summed E-state index contributed by atoms with van der Waals surface area (Å²) in [6, 6.07) is 7.63. The van der Waals surface area contributed by atoms with Gasteiger partial charge in [0.15, 0.2) is 5.11 Å². The number of nitrogens with one attached hydrogen (secondary N) is 1. The maximum absolute atomic E-state index is 11.8. The zero-order chi connectivity index (χ0) is 13.3. The molecule has 1 aromatic rings. The maximum Gasteiger partial charge on any atom is 0.233 e. The molecule has 0 aliphatic carbocycles. The van der Waals surface area contributed by atoms with Crippen LogP contribution in [0.5, 0.6) is 5.75 Å². The fraction of sp³-hybridized carbons (Fsp3) is 0.385. The number of carbonyl (C=O) groups is 1. The molecule has 1 saturated heterocycles. The van der Waals surface area contributed by atoms with E-state index in [9.17, 15) is 4.79 Å². The van der Waals surface area contributed by atoms with Crippen molar-refractivity contribution in [2.24, 2.45) is 5.41 Å². The SMILES string of the molecule is COc1ccccc1N1CC(C)(C)C(=O)NC1=S. The van der Waals surface area contributed by atoms with Crippen LogP contribution < -0.4 is 15.0 Å². The number of hydrogen-bond donors (Lipinski definition) is 1. The van der Waals surface area contributed by atoms with E-state index in [0.717, 1.165) is 11.4 Å². The van der Waals surface area contributed by atoms with Crippen LogP contribution in [-0.4, -0.2) is 24.7 Å². The van der Waals surface area contributed by atoms with Crippen molar-refractivity contribution in [3.05, 3.63) is 24.3 Å². The van der Waals surface area contributed by atoms with Crippen LogP contribution >= 0.6 is 12.2 Å². The van der Waals surface area contributed by atoms with E-state index in [1.54, 1.807) is 7.11 Å². The molecular weight excluding hydrogens is 248 g/mol. The molecule has 1 fully saturated rings. The lowest BCUT2D eigenvalue weighted by atomic mass is 9.90. The molecule has 1 amide bonds. The number of nitrogens with zero attached hydrogens (tertiary/aromatic N) is 1. The van der Waals surface area contributed by atoms with Crippen molar-refractivity contribution in [1.82, 2.24) is 5.32 Å². The molecule has 96 valence electrons. The van der Waals surface area contributed by atoms with Gasteiger partial charge in [-0.1, -0.05) is 12.1 Å². The van der Waals surface area contributed by atoms with Crippen LogP contribution in [0.15, 0.2) is 24.3 Å². The number of para-hydroxylation sites is 2. The molecule has 0 unspecified atom stereocenters. The Bertz CT molecular complexity index is 500. The van der Waals surface area contributed by atoms with Gasteiger partial charge in [0.1, 0.15) is 5.75 Å². The van der Waals surface area contributed by atoms with Crippen LogP contribution in [0.4, 0.5) is 5.69 Å². The average Bonchev–Trinajstić information content (AvgIpc) is 2.34. The predicted molar refractivity (Wildman–Crippen MR) is 74.9 cm³/mol. The van der Waals surface area contributed by atoms with Crippen LogP contribution in [0.25, 0.3) is 0 Å². The first kappa shape index (κ1) is 12.8. The van der Waals surface area contributed by atoms with E-state index in [0.29, 0.717) is 11.7 Å². The molecule has 0 bridgehead atoms. The van der Waals surface area contributed by atoms with Crippen molar-refractivity contribution in [3.8, 4) is 5.75 Å². The molecule has 0 saturated carbocycles. The molecule has 5 heteroatoms. The van der Waals surface area contributed by atoms with Crippen LogP contribution in [0.3, 0.4) is 0 Å². The van der Waals surface area contributed by atoms with Crippen molar-refractivity contribution in [2.45, 2.75) is 13.8 Å². The van der Waals surface area contributed by atoms with E-state index >= 15 is 0 Å². The molecule has 0 atom stereocenters. The molecule has 4 nitrogen and oxygen atoms in total. The van der Waals surface area contributed by atoms with Gasteiger partial charge in [0, 0.05) is 6.54 Å². The summed E-state index contributed by atoms with van der Waals surface area (Å²) < 4.78 is 5.33. The molecule has 1 aliphatic heterocycles. The van der Waals surface area contributed by atoms with Crippen LogP contribution in [0, 0.1) is 5.41 Å². The van der Waals surface area contributed by atoms with Crippen molar-refractivity contribution >= 4 is 28.9 Å². The van der Waals surface area contributed by atoms with Crippen molar-refractivity contribution in [3.63, 3.8) is 0 Å². The number of methoxy groups -OCH3 is 1. The van der Waals surface area contributed by atoms with Gasteiger partial charge in [-0.05, 0) is 38.2 Å². The van der Waals surface area contributed by atoms with Crippen molar-refractivity contribution < 1.29 is 9.53 Å². The van der Waals surface area contributed by atoms with Gasteiger partial charge in [0.05, 0.1) is 18.2 Å². The number of benzene rings is 1. The standard InChI is InChI=1S/C13H16N2O2S/c1-13(2)8-15(12(18)14-11(13)16)9-6-4-5-7-10(9)17-3/h4-7H,8H2,1-3H3,(H,14,16,18). The van der Waals surface area contributed by atoms with Gasteiger partial charge >= 0.3 is 0 Å². The summed E-state index contributed by atoms with van der Waals surface area (Å²) in [5.41, 5.74) is 0.390. The van der Waals surface area contributed by atoms with Crippen molar-refractivity contribution in [1.29, 1.82) is 0 Å². The number of amides is 1. The number of hydrogen-bond acceptors (Lipinski definition) is 3. The third-order valence-corrected chi connectivity index (χ3v) is 3.33. The lowest BCUT2D eigenvalue weighted by Crippen LogP contribution is -2.58. The summed E-state index contributed by atoms with van der Waals surface area (Å²) in [6.07, 6.45) is 0. The van der Waals surface area contributed by atoms with Gasteiger partial charge in [-0.2, -0.15) is 0 Å².